The van der Waals surface area contributed by atoms with Crippen molar-refractivity contribution in [3.63, 3.8) is 0 Å². The summed E-state index contributed by atoms with van der Waals surface area (Å²) in [6, 6.07) is 0. The Labute approximate surface area is 78.8 Å². The lowest BCUT2D eigenvalue weighted by atomic mass is 9.83. The van der Waals surface area contributed by atoms with E-state index in [-0.39, 0.29) is 5.41 Å². The zero-order chi connectivity index (χ0) is 9.19. The molecule has 0 saturated heterocycles. The molecule has 1 rings (SSSR count). The second-order valence-electron chi connectivity index (χ2n) is 3.69. The summed E-state index contributed by atoms with van der Waals surface area (Å²) in [5.74, 6) is 0. The first kappa shape index (κ1) is 9.52. The van der Waals surface area contributed by atoms with E-state index in [2.05, 4.69) is 43.2 Å². The van der Waals surface area contributed by atoms with Gasteiger partial charge in [-0.25, -0.2) is 4.40 Å². The van der Waals surface area contributed by atoms with E-state index in [1.807, 2.05) is 0 Å². The molecular formula is C9H14N2S. The summed E-state index contributed by atoms with van der Waals surface area (Å²) < 4.78 is 3.82. The van der Waals surface area contributed by atoms with Gasteiger partial charge in [0.1, 0.15) is 0 Å². The maximum Gasteiger partial charge on any atom is 0.0734 e. The molecule has 0 aromatic carbocycles. The maximum absolute atomic E-state index is 7.87. The van der Waals surface area contributed by atoms with E-state index in [1.165, 1.54) is 0 Å². The summed E-state index contributed by atoms with van der Waals surface area (Å²) in [6.07, 6.45) is 5.82. The van der Waals surface area contributed by atoms with E-state index in [9.17, 15) is 0 Å². The fourth-order valence-corrected chi connectivity index (χ4v) is 1.44. The average molecular weight is 182 g/mol. The summed E-state index contributed by atoms with van der Waals surface area (Å²) in [5, 5.41) is 7.87. The number of nitrogens with zero attached hydrogens (tertiary/aromatic N) is 1. The fourth-order valence-electron chi connectivity index (χ4n) is 1.26. The van der Waals surface area contributed by atoms with Crippen molar-refractivity contribution >= 4 is 24.2 Å². The van der Waals surface area contributed by atoms with Crippen LogP contribution < -0.4 is 0 Å². The second-order valence-corrected chi connectivity index (χ2v) is 3.89. The highest BCUT2D eigenvalue weighted by Crippen LogP contribution is 2.26. The van der Waals surface area contributed by atoms with E-state index in [4.69, 9.17) is 5.41 Å². The van der Waals surface area contributed by atoms with E-state index < -0.39 is 0 Å². The maximum atomic E-state index is 7.87. The van der Waals surface area contributed by atoms with Crippen molar-refractivity contribution in [1.82, 2.24) is 0 Å². The molecule has 0 heterocycles. The SMILES string of the molecule is CC1(C)CC=CC/C(=N/S)C1=N. The van der Waals surface area contributed by atoms with Crippen LogP contribution in [0.4, 0.5) is 0 Å². The quantitative estimate of drug-likeness (QED) is 0.427. The Morgan fingerprint density at radius 3 is 2.75 bits per heavy atom. The first-order valence-electron chi connectivity index (χ1n) is 4.03. The number of nitrogens with one attached hydrogen (secondary N) is 1. The Balaban J connectivity index is 2.97. The fraction of sp³-hybridized carbons (Fsp3) is 0.556. The molecule has 1 aliphatic rings. The lowest BCUT2D eigenvalue weighted by Gasteiger charge is -2.22. The van der Waals surface area contributed by atoms with Crippen molar-refractivity contribution in [3.8, 4) is 0 Å². The average Bonchev–Trinajstić information content (AvgIpc) is 2.14. The van der Waals surface area contributed by atoms with Crippen molar-refractivity contribution in [2.45, 2.75) is 26.7 Å². The van der Waals surface area contributed by atoms with E-state index in [1.54, 1.807) is 0 Å². The summed E-state index contributed by atoms with van der Waals surface area (Å²) in [6.45, 7) is 4.12. The van der Waals surface area contributed by atoms with Gasteiger partial charge in [0.05, 0.1) is 11.4 Å². The van der Waals surface area contributed by atoms with Gasteiger partial charge in [0.25, 0.3) is 0 Å². The third kappa shape index (κ3) is 1.78. The molecule has 0 radical (unpaired) electrons. The van der Waals surface area contributed by atoms with Gasteiger partial charge in [0.2, 0.25) is 0 Å². The van der Waals surface area contributed by atoms with Crippen LogP contribution in [0.5, 0.6) is 0 Å². The van der Waals surface area contributed by atoms with Crippen LogP contribution in [-0.2, 0) is 0 Å². The molecule has 0 aromatic heterocycles. The molecular weight excluding hydrogens is 168 g/mol. The van der Waals surface area contributed by atoms with Crippen LogP contribution in [0.1, 0.15) is 26.7 Å². The lowest BCUT2D eigenvalue weighted by molar-refractivity contribution is 0.536. The summed E-state index contributed by atoms with van der Waals surface area (Å²) in [7, 11) is 0. The lowest BCUT2D eigenvalue weighted by Crippen LogP contribution is -2.28. The van der Waals surface area contributed by atoms with Gasteiger partial charge in [-0.3, -0.25) is 0 Å². The third-order valence-corrected chi connectivity index (χ3v) is 2.43. The minimum atomic E-state index is -0.0887. The molecule has 0 spiro atoms. The monoisotopic (exact) mass is 182 g/mol. The van der Waals surface area contributed by atoms with Crippen LogP contribution in [0.3, 0.4) is 0 Å². The Morgan fingerprint density at radius 2 is 2.17 bits per heavy atom. The molecule has 0 amide bonds. The van der Waals surface area contributed by atoms with Gasteiger partial charge in [0.15, 0.2) is 0 Å². The molecule has 1 aliphatic carbocycles. The molecule has 0 aromatic rings. The first-order chi connectivity index (χ1) is 5.58. The van der Waals surface area contributed by atoms with E-state index >= 15 is 0 Å². The molecule has 0 unspecified atom stereocenters. The van der Waals surface area contributed by atoms with Gasteiger partial charge in [-0.2, -0.15) is 0 Å². The number of hydrogen-bond acceptors (Lipinski definition) is 3. The number of rotatable bonds is 0. The largest absolute Gasteiger partial charge is 0.303 e. The van der Waals surface area contributed by atoms with E-state index in [0.717, 1.165) is 18.6 Å². The highest BCUT2D eigenvalue weighted by Gasteiger charge is 2.27. The minimum Gasteiger partial charge on any atom is -0.303 e. The standard InChI is InChI=1S/C9H14N2S/c1-9(2)6-4-3-5-7(11-12)8(9)10/h3-4,10,12H,5-6H2,1-2H3/b10-8?,11-7-. The molecule has 12 heavy (non-hydrogen) atoms. The number of hydrogen-bond donors (Lipinski definition) is 2. The highest BCUT2D eigenvalue weighted by molar-refractivity contribution is 7.79. The van der Waals surface area contributed by atoms with Gasteiger partial charge in [0, 0.05) is 11.8 Å². The van der Waals surface area contributed by atoms with Crippen LogP contribution in [-0.4, -0.2) is 11.4 Å². The molecule has 0 atom stereocenters. The molecule has 0 bridgehead atoms. The Kier molecular flexibility index (Phi) is 2.73. The minimum absolute atomic E-state index is 0.0887. The zero-order valence-corrected chi connectivity index (χ0v) is 8.36. The normalized spacial score (nSPS) is 25.9. The third-order valence-electron chi connectivity index (χ3n) is 2.19. The van der Waals surface area contributed by atoms with Crippen LogP contribution in [0.15, 0.2) is 16.5 Å². The van der Waals surface area contributed by atoms with Gasteiger partial charge in [-0.15, -0.1) is 0 Å². The van der Waals surface area contributed by atoms with Crippen molar-refractivity contribution in [3.05, 3.63) is 12.2 Å². The zero-order valence-electron chi connectivity index (χ0n) is 7.46. The van der Waals surface area contributed by atoms with Crippen LogP contribution >= 0.6 is 12.8 Å². The molecule has 3 heteroatoms. The Morgan fingerprint density at radius 1 is 1.50 bits per heavy atom. The summed E-state index contributed by atoms with van der Waals surface area (Å²) in [4.78, 5) is 0. The highest BCUT2D eigenvalue weighted by atomic mass is 32.1. The van der Waals surface area contributed by atoms with Crippen molar-refractivity contribution in [2.75, 3.05) is 0 Å². The molecule has 0 saturated carbocycles. The van der Waals surface area contributed by atoms with Gasteiger partial charge >= 0.3 is 0 Å². The summed E-state index contributed by atoms with van der Waals surface area (Å²) in [5.41, 5.74) is 1.31. The topological polar surface area (TPSA) is 36.2 Å². The van der Waals surface area contributed by atoms with E-state index in [0.29, 0.717) is 5.71 Å². The Bertz CT molecular complexity index is 251. The van der Waals surface area contributed by atoms with Crippen molar-refractivity contribution < 1.29 is 0 Å². The predicted molar refractivity (Wildman–Crippen MR) is 56.3 cm³/mol. The van der Waals surface area contributed by atoms with Gasteiger partial charge in [-0.1, -0.05) is 26.0 Å². The van der Waals surface area contributed by atoms with Crippen molar-refractivity contribution in [1.29, 1.82) is 5.41 Å². The second kappa shape index (κ2) is 3.44. The molecule has 0 fully saturated rings. The van der Waals surface area contributed by atoms with Crippen LogP contribution in [0.25, 0.3) is 0 Å². The van der Waals surface area contributed by atoms with Crippen molar-refractivity contribution in [2.24, 2.45) is 9.81 Å². The van der Waals surface area contributed by atoms with Gasteiger partial charge in [-0.05, 0) is 19.2 Å². The first-order valence-corrected chi connectivity index (χ1v) is 4.43. The summed E-state index contributed by atoms with van der Waals surface area (Å²) >= 11 is 3.86. The predicted octanol–water partition coefficient (Wildman–Crippen LogP) is 2.67. The van der Waals surface area contributed by atoms with Crippen LogP contribution in [0, 0.1) is 10.8 Å². The molecule has 1 N–H and O–H groups in total. The smallest absolute Gasteiger partial charge is 0.0734 e. The molecule has 66 valence electrons. The molecule has 0 aliphatic heterocycles. The number of allylic oxidation sites excluding steroid dienone is 2. The number of thiol groups is 1. The Hall–Kier alpha value is -0.570. The van der Waals surface area contributed by atoms with Gasteiger partial charge < -0.3 is 5.41 Å². The van der Waals surface area contributed by atoms with Crippen LogP contribution in [0.2, 0.25) is 0 Å². The molecule has 2 nitrogen and oxygen atoms in total.